The van der Waals surface area contributed by atoms with Crippen LogP contribution in [0.1, 0.15) is 43.8 Å². The smallest absolute Gasteiger partial charge is 0.108 e. The van der Waals surface area contributed by atoms with Crippen molar-refractivity contribution in [3.8, 4) is 0 Å². The number of ether oxygens (including phenoxy) is 1. The van der Waals surface area contributed by atoms with E-state index in [9.17, 15) is 5.11 Å². The van der Waals surface area contributed by atoms with E-state index in [1.807, 2.05) is 30.3 Å². The summed E-state index contributed by atoms with van der Waals surface area (Å²) in [6.45, 7) is 0. The molecular formula is C17H21NO2. The molecule has 1 N–H and O–H groups in total. The van der Waals surface area contributed by atoms with Crippen LogP contribution in [0.2, 0.25) is 0 Å². The Hall–Kier alpha value is -1.45. The van der Waals surface area contributed by atoms with E-state index in [1.54, 1.807) is 13.3 Å². The van der Waals surface area contributed by atoms with Gasteiger partial charge in [0.25, 0.3) is 0 Å². The minimum Gasteiger partial charge on any atom is -0.385 e. The molecule has 1 aromatic carbocycles. The number of aliphatic hydroxyl groups excluding tert-OH is 1. The van der Waals surface area contributed by atoms with Crippen LogP contribution < -0.4 is 0 Å². The van der Waals surface area contributed by atoms with Crippen molar-refractivity contribution < 1.29 is 9.84 Å². The van der Waals surface area contributed by atoms with Gasteiger partial charge in [-0.15, -0.1) is 0 Å². The van der Waals surface area contributed by atoms with Gasteiger partial charge in [-0.05, 0) is 36.6 Å². The molecular weight excluding hydrogens is 250 g/mol. The van der Waals surface area contributed by atoms with Gasteiger partial charge in [-0.3, -0.25) is 4.98 Å². The topological polar surface area (TPSA) is 42.4 Å². The van der Waals surface area contributed by atoms with Gasteiger partial charge in [-0.25, -0.2) is 0 Å². The quantitative estimate of drug-likeness (QED) is 0.927. The number of nitrogens with zero attached hydrogens (tertiary/aromatic N) is 1. The molecule has 1 atom stereocenters. The monoisotopic (exact) mass is 271 g/mol. The van der Waals surface area contributed by atoms with Crippen molar-refractivity contribution in [1.29, 1.82) is 0 Å². The van der Waals surface area contributed by atoms with Gasteiger partial charge in [0.05, 0.1) is 11.1 Å². The first kappa shape index (κ1) is 13.5. The molecule has 0 amide bonds. The summed E-state index contributed by atoms with van der Waals surface area (Å²) in [6, 6.07) is 9.92. The lowest BCUT2D eigenvalue weighted by Gasteiger charge is -2.40. The molecule has 0 bridgehead atoms. The second kappa shape index (κ2) is 5.51. The molecule has 2 aromatic rings. The third-order valence-corrected chi connectivity index (χ3v) is 4.55. The summed E-state index contributed by atoms with van der Waals surface area (Å²) in [5.74, 6) is 0. The van der Waals surface area contributed by atoms with Gasteiger partial charge in [-0.1, -0.05) is 31.4 Å². The van der Waals surface area contributed by atoms with E-state index in [-0.39, 0.29) is 0 Å². The SMILES string of the molecule is COC1(C(O)c2ccc3ncccc3c2)CCCCC1. The Morgan fingerprint density at radius 2 is 2.00 bits per heavy atom. The number of fused-ring (bicyclic) bond motifs is 1. The molecule has 0 aliphatic heterocycles. The van der Waals surface area contributed by atoms with Crippen molar-refractivity contribution in [3.63, 3.8) is 0 Å². The summed E-state index contributed by atoms with van der Waals surface area (Å²) in [5.41, 5.74) is 1.46. The number of aliphatic hydroxyl groups is 1. The lowest BCUT2D eigenvalue weighted by Crippen LogP contribution is -2.40. The van der Waals surface area contributed by atoms with Crippen molar-refractivity contribution in [2.24, 2.45) is 0 Å². The highest BCUT2D eigenvalue weighted by atomic mass is 16.5. The molecule has 3 heteroatoms. The molecule has 1 aromatic heterocycles. The van der Waals surface area contributed by atoms with E-state index in [4.69, 9.17) is 4.74 Å². The van der Waals surface area contributed by atoms with Crippen molar-refractivity contribution >= 4 is 10.9 Å². The van der Waals surface area contributed by atoms with Crippen molar-refractivity contribution in [3.05, 3.63) is 42.1 Å². The Morgan fingerprint density at radius 1 is 1.20 bits per heavy atom. The van der Waals surface area contributed by atoms with Crippen LogP contribution in [0.5, 0.6) is 0 Å². The van der Waals surface area contributed by atoms with Crippen LogP contribution in [0.3, 0.4) is 0 Å². The molecule has 3 nitrogen and oxygen atoms in total. The minimum atomic E-state index is -0.572. The van der Waals surface area contributed by atoms with Crippen molar-refractivity contribution in [1.82, 2.24) is 4.98 Å². The van der Waals surface area contributed by atoms with Crippen LogP contribution in [0, 0.1) is 0 Å². The van der Waals surface area contributed by atoms with Crippen LogP contribution in [-0.2, 0) is 4.74 Å². The largest absolute Gasteiger partial charge is 0.385 e. The van der Waals surface area contributed by atoms with Gasteiger partial charge in [-0.2, -0.15) is 0 Å². The van der Waals surface area contributed by atoms with Crippen molar-refractivity contribution in [2.75, 3.05) is 7.11 Å². The number of aromatic nitrogens is 1. The molecule has 20 heavy (non-hydrogen) atoms. The average Bonchev–Trinajstić information content (AvgIpc) is 2.54. The predicted molar refractivity (Wildman–Crippen MR) is 79.5 cm³/mol. The van der Waals surface area contributed by atoms with Gasteiger partial charge >= 0.3 is 0 Å². The summed E-state index contributed by atoms with van der Waals surface area (Å²) >= 11 is 0. The highest BCUT2D eigenvalue weighted by molar-refractivity contribution is 5.79. The zero-order valence-electron chi connectivity index (χ0n) is 11.9. The van der Waals surface area contributed by atoms with Crippen LogP contribution in [0.25, 0.3) is 10.9 Å². The van der Waals surface area contributed by atoms with Gasteiger partial charge in [0.15, 0.2) is 0 Å². The zero-order valence-corrected chi connectivity index (χ0v) is 11.9. The molecule has 1 heterocycles. The Balaban J connectivity index is 1.96. The van der Waals surface area contributed by atoms with E-state index >= 15 is 0 Å². The van der Waals surface area contributed by atoms with E-state index in [1.165, 1.54) is 6.42 Å². The number of rotatable bonds is 3. The maximum absolute atomic E-state index is 10.8. The van der Waals surface area contributed by atoms with Crippen LogP contribution in [-0.4, -0.2) is 22.8 Å². The molecule has 1 unspecified atom stereocenters. The molecule has 106 valence electrons. The average molecular weight is 271 g/mol. The summed E-state index contributed by atoms with van der Waals surface area (Å²) in [5, 5.41) is 11.9. The van der Waals surface area contributed by atoms with Gasteiger partial charge in [0.2, 0.25) is 0 Å². The Morgan fingerprint density at radius 3 is 2.75 bits per heavy atom. The maximum atomic E-state index is 10.8. The summed E-state index contributed by atoms with van der Waals surface area (Å²) in [6.07, 6.45) is 6.55. The molecule has 0 saturated heterocycles. The standard InChI is InChI=1S/C17H21NO2/c1-20-17(9-3-2-4-10-17)16(19)14-7-8-15-13(12-14)6-5-11-18-15/h5-8,11-12,16,19H,2-4,9-10H2,1H3. The Kier molecular flexibility index (Phi) is 3.72. The fourth-order valence-electron chi connectivity index (χ4n) is 3.31. The second-order valence-corrected chi connectivity index (χ2v) is 5.69. The second-order valence-electron chi connectivity index (χ2n) is 5.69. The highest BCUT2D eigenvalue weighted by Gasteiger charge is 2.40. The lowest BCUT2D eigenvalue weighted by molar-refractivity contribution is -0.125. The van der Waals surface area contributed by atoms with E-state index < -0.39 is 11.7 Å². The van der Waals surface area contributed by atoms with Crippen LogP contribution >= 0.6 is 0 Å². The summed E-state index contributed by atoms with van der Waals surface area (Å²) in [7, 11) is 1.72. The number of hydrogen-bond acceptors (Lipinski definition) is 3. The molecule has 0 spiro atoms. The van der Waals surface area contributed by atoms with E-state index in [0.717, 1.165) is 42.1 Å². The highest BCUT2D eigenvalue weighted by Crippen LogP contribution is 2.41. The normalized spacial score (nSPS) is 19.9. The molecule has 1 fully saturated rings. The van der Waals surface area contributed by atoms with Gasteiger partial charge in [0.1, 0.15) is 6.10 Å². The molecule has 1 aliphatic carbocycles. The fourth-order valence-corrected chi connectivity index (χ4v) is 3.31. The summed E-state index contributed by atoms with van der Waals surface area (Å²) in [4.78, 5) is 4.32. The first-order valence-corrected chi connectivity index (χ1v) is 7.33. The number of pyridine rings is 1. The maximum Gasteiger partial charge on any atom is 0.108 e. The molecule has 3 rings (SSSR count). The third-order valence-electron chi connectivity index (χ3n) is 4.55. The van der Waals surface area contributed by atoms with Gasteiger partial charge < -0.3 is 9.84 Å². The van der Waals surface area contributed by atoms with Crippen LogP contribution in [0.4, 0.5) is 0 Å². The van der Waals surface area contributed by atoms with Gasteiger partial charge in [0, 0.05) is 18.7 Å². The number of hydrogen-bond donors (Lipinski definition) is 1. The molecule has 0 radical (unpaired) electrons. The predicted octanol–water partition coefficient (Wildman–Crippen LogP) is 3.62. The van der Waals surface area contributed by atoms with E-state index in [2.05, 4.69) is 4.98 Å². The first-order valence-electron chi connectivity index (χ1n) is 7.33. The Bertz CT molecular complexity index is 590. The fraction of sp³-hybridized carbons (Fsp3) is 0.471. The lowest BCUT2D eigenvalue weighted by atomic mass is 9.78. The van der Waals surface area contributed by atoms with Crippen molar-refractivity contribution in [2.45, 2.75) is 43.8 Å². The minimum absolute atomic E-state index is 0.422. The molecule has 1 aliphatic rings. The summed E-state index contributed by atoms with van der Waals surface area (Å²) < 4.78 is 5.74. The number of methoxy groups -OCH3 is 1. The Labute approximate surface area is 119 Å². The molecule has 1 saturated carbocycles. The first-order chi connectivity index (χ1) is 9.75. The van der Waals surface area contributed by atoms with Crippen LogP contribution in [0.15, 0.2) is 36.5 Å². The van der Waals surface area contributed by atoms with E-state index in [0.29, 0.717) is 0 Å². The third kappa shape index (κ3) is 2.32. The number of benzene rings is 1. The zero-order chi connectivity index (χ0) is 14.0.